The van der Waals surface area contributed by atoms with Crippen LogP contribution in [-0.2, 0) is 0 Å². The molecule has 122 valence electrons. The number of carbonyl (C=O) groups is 1. The van der Waals surface area contributed by atoms with Crippen LogP contribution >= 0.6 is 11.3 Å². The number of nitrogens with one attached hydrogen (secondary N) is 1. The molecule has 1 aromatic carbocycles. The third kappa shape index (κ3) is 3.34. The zero-order valence-electron chi connectivity index (χ0n) is 13.0. The van der Waals surface area contributed by atoms with Crippen molar-refractivity contribution in [2.24, 2.45) is 0 Å². The lowest BCUT2D eigenvalue weighted by molar-refractivity contribution is 0.0988. The van der Waals surface area contributed by atoms with Crippen LogP contribution in [0, 0.1) is 0 Å². The van der Waals surface area contributed by atoms with E-state index in [0.717, 1.165) is 10.6 Å². The number of nitrogens with zero attached hydrogens (tertiary/aromatic N) is 2. The van der Waals surface area contributed by atoms with Gasteiger partial charge in [0.1, 0.15) is 5.69 Å². The first-order valence-corrected chi connectivity index (χ1v) is 8.52. The molecule has 0 saturated heterocycles. The van der Waals surface area contributed by atoms with Crippen molar-refractivity contribution in [3.8, 4) is 22.0 Å². The largest absolute Gasteiger partial charge is 0.350 e. The van der Waals surface area contributed by atoms with Crippen LogP contribution in [-0.4, -0.2) is 16.0 Å². The lowest BCUT2D eigenvalue weighted by Crippen LogP contribution is -2.10. The first kappa shape index (κ1) is 15.3. The molecule has 0 aliphatic carbocycles. The summed E-state index contributed by atoms with van der Waals surface area (Å²) >= 11 is 1.62. The molecule has 5 nitrogen and oxygen atoms in total. The van der Waals surface area contributed by atoms with Gasteiger partial charge in [0.15, 0.2) is 0 Å². The summed E-state index contributed by atoms with van der Waals surface area (Å²) in [6.45, 7) is 0. The molecule has 0 atom stereocenters. The molecule has 3 aromatic heterocycles. The van der Waals surface area contributed by atoms with Crippen molar-refractivity contribution in [3.05, 3.63) is 77.9 Å². The maximum Gasteiger partial charge on any atom is 0.294 e. The molecule has 0 saturated carbocycles. The minimum atomic E-state index is -0.348. The molecule has 1 amide bonds. The summed E-state index contributed by atoms with van der Waals surface area (Å²) < 4.78 is 5.18. The topological polar surface area (TPSA) is 68.0 Å². The highest BCUT2D eigenvalue weighted by Crippen LogP contribution is 2.25. The average Bonchev–Trinajstić information content (AvgIpc) is 3.35. The van der Waals surface area contributed by atoms with Gasteiger partial charge in [-0.2, -0.15) is 0 Å². The molecule has 25 heavy (non-hydrogen) atoms. The van der Waals surface area contributed by atoms with Crippen molar-refractivity contribution >= 4 is 22.9 Å². The lowest BCUT2D eigenvalue weighted by Gasteiger charge is -2.01. The summed E-state index contributed by atoms with van der Waals surface area (Å²) in [5.41, 5.74) is 2.75. The van der Waals surface area contributed by atoms with E-state index in [2.05, 4.69) is 15.5 Å². The predicted octanol–water partition coefficient (Wildman–Crippen LogP) is 4.72. The Balaban J connectivity index is 1.57. The highest BCUT2D eigenvalue weighted by molar-refractivity contribution is 7.13. The minimum absolute atomic E-state index is 0.141. The van der Waals surface area contributed by atoms with E-state index in [4.69, 9.17) is 4.52 Å². The highest BCUT2D eigenvalue weighted by atomic mass is 32.1. The van der Waals surface area contributed by atoms with Crippen molar-refractivity contribution < 1.29 is 9.32 Å². The maximum atomic E-state index is 12.2. The standard InChI is InChI=1S/C19H13N3O2S/c23-19(20-13-6-2-1-3-7-13)17-12-16(22-24-17)14-8-4-9-15(21-14)18-10-5-11-25-18/h1-12H,(H,20,23). The number of thiophene rings is 1. The first-order chi connectivity index (χ1) is 12.3. The lowest BCUT2D eigenvalue weighted by atomic mass is 10.2. The third-order valence-electron chi connectivity index (χ3n) is 3.55. The van der Waals surface area contributed by atoms with Gasteiger partial charge in [-0.1, -0.05) is 35.5 Å². The van der Waals surface area contributed by atoms with E-state index in [0.29, 0.717) is 17.1 Å². The number of hydrogen-bond acceptors (Lipinski definition) is 5. The maximum absolute atomic E-state index is 12.2. The Labute approximate surface area is 148 Å². The number of benzene rings is 1. The van der Waals surface area contributed by atoms with Crippen LogP contribution < -0.4 is 5.32 Å². The third-order valence-corrected chi connectivity index (χ3v) is 4.44. The van der Waals surface area contributed by atoms with Crippen LogP contribution in [0.25, 0.3) is 22.0 Å². The monoisotopic (exact) mass is 347 g/mol. The first-order valence-electron chi connectivity index (χ1n) is 7.64. The smallest absolute Gasteiger partial charge is 0.294 e. The second-order valence-corrected chi connectivity index (χ2v) is 6.23. The fraction of sp³-hybridized carbons (Fsp3) is 0. The number of rotatable bonds is 4. The van der Waals surface area contributed by atoms with Crippen molar-refractivity contribution in [1.29, 1.82) is 0 Å². The summed E-state index contributed by atoms with van der Waals surface area (Å²) in [6, 6.07) is 20.5. The van der Waals surface area contributed by atoms with E-state index in [-0.39, 0.29) is 11.7 Å². The molecule has 0 aliphatic heterocycles. The van der Waals surface area contributed by atoms with Gasteiger partial charge in [-0.25, -0.2) is 4.98 Å². The number of anilines is 1. The van der Waals surface area contributed by atoms with Gasteiger partial charge in [-0.05, 0) is 35.7 Å². The van der Waals surface area contributed by atoms with Gasteiger partial charge in [0, 0.05) is 11.8 Å². The van der Waals surface area contributed by atoms with Gasteiger partial charge < -0.3 is 9.84 Å². The summed E-state index contributed by atoms with van der Waals surface area (Å²) in [5.74, 6) is -0.207. The fourth-order valence-electron chi connectivity index (χ4n) is 2.36. The molecule has 0 radical (unpaired) electrons. The van der Waals surface area contributed by atoms with Gasteiger partial charge in [0.05, 0.1) is 16.3 Å². The Hall–Kier alpha value is -3.25. The number of hydrogen-bond donors (Lipinski definition) is 1. The van der Waals surface area contributed by atoms with Crippen LogP contribution in [0.1, 0.15) is 10.6 Å². The molecular formula is C19H13N3O2S. The molecule has 0 fully saturated rings. The van der Waals surface area contributed by atoms with E-state index in [9.17, 15) is 4.79 Å². The molecule has 0 aliphatic rings. The second kappa shape index (κ2) is 6.70. The number of aromatic nitrogens is 2. The van der Waals surface area contributed by atoms with Crippen molar-refractivity contribution in [3.63, 3.8) is 0 Å². The van der Waals surface area contributed by atoms with Gasteiger partial charge in [0.25, 0.3) is 5.91 Å². The van der Waals surface area contributed by atoms with Gasteiger partial charge in [0.2, 0.25) is 5.76 Å². The Morgan fingerprint density at radius 2 is 1.76 bits per heavy atom. The second-order valence-electron chi connectivity index (χ2n) is 5.28. The van der Waals surface area contributed by atoms with Crippen LogP contribution in [0.3, 0.4) is 0 Å². The molecule has 0 bridgehead atoms. The zero-order valence-corrected chi connectivity index (χ0v) is 13.9. The van der Waals surface area contributed by atoms with Crippen LogP contribution in [0.15, 0.2) is 76.6 Å². The van der Waals surface area contributed by atoms with Gasteiger partial charge in [-0.15, -0.1) is 11.3 Å². The average molecular weight is 347 g/mol. The van der Waals surface area contributed by atoms with Crippen LogP contribution in [0.5, 0.6) is 0 Å². The molecule has 3 heterocycles. The Bertz CT molecular complexity index is 994. The normalized spacial score (nSPS) is 10.6. The molecule has 4 rings (SSSR count). The fourth-order valence-corrected chi connectivity index (χ4v) is 3.05. The summed E-state index contributed by atoms with van der Waals surface area (Å²) in [7, 11) is 0. The van der Waals surface area contributed by atoms with E-state index in [1.807, 2.05) is 53.9 Å². The van der Waals surface area contributed by atoms with Gasteiger partial charge in [-0.3, -0.25) is 4.79 Å². The molecular weight excluding hydrogens is 334 g/mol. The molecule has 0 spiro atoms. The van der Waals surface area contributed by atoms with E-state index in [1.165, 1.54) is 0 Å². The minimum Gasteiger partial charge on any atom is -0.350 e. The number of pyridine rings is 1. The van der Waals surface area contributed by atoms with Crippen LogP contribution in [0.2, 0.25) is 0 Å². The molecule has 6 heteroatoms. The SMILES string of the molecule is O=C(Nc1ccccc1)c1cc(-c2cccc(-c3cccs3)n2)no1. The summed E-state index contributed by atoms with van der Waals surface area (Å²) in [5, 5.41) is 8.75. The Kier molecular flexibility index (Phi) is 4.10. The quantitative estimate of drug-likeness (QED) is 0.580. The number of amides is 1. The van der Waals surface area contributed by atoms with Crippen molar-refractivity contribution in [2.45, 2.75) is 0 Å². The highest BCUT2D eigenvalue weighted by Gasteiger charge is 2.15. The molecule has 4 aromatic rings. The van der Waals surface area contributed by atoms with Crippen molar-refractivity contribution in [2.75, 3.05) is 5.32 Å². The van der Waals surface area contributed by atoms with Gasteiger partial charge >= 0.3 is 0 Å². The van der Waals surface area contributed by atoms with E-state index < -0.39 is 0 Å². The van der Waals surface area contributed by atoms with E-state index in [1.54, 1.807) is 29.5 Å². The number of para-hydroxylation sites is 1. The molecule has 1 N–H and O–H groups in total. The molecule has 0 unspecified atom stereocenters. The summed E-state index contributed by atoms with van der Waals surface area (Å²) in [4.78, 5) is 17.9. The Morgan fingerprint density at radius 1 is 0.920 bits per heavy atom. The predicted molar refractivity (Wildman–Crippen MR) is 97.4 cm³/mol. The summed E-state index contributed by atoms with van der Waals surface area (Å²) in [6.07, 6.45) is 0. The van der Waals surface area contributed by atoms with E-state index >= 15 is 0 Å². The number of carbonyl (C=O) groups excluding carboxylic acids is 1. The Morgan fingerprint density at radius 3 is 2.56 bits per heavy atom. The van der Waals surface area contributed by atoms with Crippen LogP contribution in [0.4, 0.5) is 5.69 Å². The zero-order chi connectivity index (χ0) is 17.1. The van der Waals surface area contributed by atoms with Crippen molar-refractivity contribution in [1.82, 2.24) is 10.1 Å².